The van der Waals surface area contributed by atoms with Gasteiger partial charge in [-0.3, -0.25) is 0 Å². The van der Waals surface area contributed by atoms with Crippen LogP contribution in [0.25, 0.3) is 0 Å². The van der Waals surface area contributed by atoms with Crippen molar-refractivity contribution in [1.29, 1.82) is 0 Å². The standard InChI is InChI=1S/C7H4BrCl2F/c8-6-4(7(9)10)2-1-3-5(6)11/h1-3,7H. The third-order valence-corrected chi connectivity index (χ3v) is 2.52. The number of hydrogen-bond donors (Lipinski definition) is 0. The Morgan fingerprint density at radius 2 is 2.00 bits per heavy atom. The van der Waals surface area contributed by atoms with Gasteiger partial charge in [0.05, 0.1) is 4.47 Å². The van der Waals surface area contributed by atoms with Gasteiger partial charge in [0.1, 0.15) is 10.7 Å². The summed E-state index contributed by atoms with van der Waals surface area (Å²) in [6, 6.07) is 4.56. The molecule has 0 saturated carbocycles. The highest BCUT2D eigenvalue weighted by molar-refractivity contribution is 9.10. The second-order valence-corrected chi connectivity index (χ2v) is 3.83. The monoisotopic (exact) mass is 256 g/mol. The van der Waals surface area contributed by atoms with Gasteiger partial charge >= 0.3 is 0 Å². The van der Waals surface area contributed by atoms with Crippen LogP contribution in [0.15, 0.2) is 22.7 Å². The molecule has 1 aromatic rings. The number of halogens is 4. The van der Waals surface area contributed by atoms with Crippen molar-refractivity contribution in [3.8, 4) is 0 Å². The van der Waals surface area contributed by atoms with E-state index >= 15 is 0 Å². The third kappa shape index (κ3) is 2.08. The van der Waals surface area contributed by atoms with Crippen LogP contribution in [0.4, 0.5) is 4.39 Å². The molecule has 0 aliphatic carbocycles. The average molecular weight is 258 g/mol. The molecule has 0 fully saturated rings. The molecule has 0 N–H and O–H groups in total. The second-order valence-electron chi connectivity index (χ2n) is 1.94. The zero-order valence-corrected chi connectivity index (χ0v) is 8.42. The number of rotatable bonds is 1. The quantitative estimate of drug-likeness (QED) is 0.666. The Bertz CT molecular complexity index is 263. The lowest BCUT2D eigenvalue weighted by atomic mass is 10.2. The van der Waals surface area contributed by atoms with E-state index in [1.165, 1.54) is 6.07 Å². The molecule has 0 radical (unpaired) electrons. The molecule has 0 atom stereocenters. The summed E-state index contributed by atoms with van der Waals surface area (Å²) in [7, 11) is 0. The van der Waals surface area contributed by atoms with Crippen LogP contribution in [0.2, 0.25) is 0 Å². The molecule has 1 aromatic carbocycles. The highest BCUT2D eigenvalue weighted by Gasteiger charge is 2.10. The molecule has 0 heterocycles. The van der Waals surface area contributed by atoms with Gasteiger partial charge < -0.3 is 0 Å². The van der Waals surface area contributed by atoms with Crippen molar-refractivity contribution in [1.82, 2.24) is 0 Å². The Balaban J connectivity index is 3.17. The van der Waals surface area contributed by atoms with Crippen molar-refractivity contribution in [2.75, 3.05) is 0 Å². The molecule has 11 heavy (non-hydrogen) atoms. The van der Waals surface area contributed by atoms with E-state index in [0.717, 1.165) is 0 Å². The molecule has 0 aliphatic rings. The van der Waals surface area contributed by atoms with Gasteiger partial charge in [-0.1, -0.05) is 12.1 Å². The van der Waals surface area contributed by atoms with Gasteiger partial charge in [0, 0.05) is 5.56 Å². The van der Waals surface area contributed by atoms with Crippen LogP contribution in [0, 0.1) is 5.82 Å². The summed E-state index contributed by atoms with van der Waals surface area (Å²) < 4.78 is 13.1. The SMILES string of the molecule is Fc1cccc(C(Cl)Cl)c1Br. The van der Waals surface area contributed by atoms with Crippen LogP contribution >= 0.6 is 39.1 Å². The van der Waals surface area contributed by atoms with E-state index in [2.05, 4.69) is 15.9 Å². The summed E-state index contributed by atoms with van der Waals surface area (Å²) in [5.74, 6) is -0.353. The van der Waals surface area contributed by atoms with Crippen LogP contribution < -0.4 is 0 Å². The van der Waals surface area contributed by atoms with Crippen LogP contribution in [-0.4, -0.2) is 0 Å². The van der Waals surface area contributed by atoms with Crippen molar-refractivity contribution < 1.29 is 4.39 Å². The fraction of sp³-hybridized carbons (Fsp3) is 0.143. The Kier molecular flexibility index (Phi) is 3.16. The first-order chi connectivity index (χ1) is 5.13. The molecule has 0 bridgehead atoms. The number of alkyl halides is 2. The van der Waals surface area contributed by atoms with E-state index in [1.54, 1.807) is 12.1 Å². The summed E-state index contributed by atoms with van der Waals surface area (Å²) in [5, 5.41) is 0. The van der Waals surface area contributed by atoms with E-state index in [-0.39, 0.29) is 5.82 Å². The van der Waals surface area contributed by atoms with E-state index in [1.807, 2.05) is 0 Å². The van der Waals surface area contributed by atoms with Crippen molar-refractivity contribution in [3.63, 3.8) is 0 Å². The minimum Gasteiger partial charge on any atom is -0.206 e. The molecule has 0 nitrogen and oxygen atoms in total. The lowest BCUT2D eigenvalue weighted by molar-refractivity contribution is 0.619. The number of benzene rings is 1. The molecule has 60 valence electrons. The van der Waals surface area contributed by atoms with Gasteiger partial charge in [-0.15, -0.1) is 23.2 Å². The molecular formula is C7H4BrCl2F. The van der Waals surface area contributed by atoms with E-state index in [0.29, 0.717) is 10.0 Å². The maximum absolute atomic E-state index is 12.8. The zero-order chi connectivity index (χ0) is 8.43. The first kappa shape index (κ1) is 9.30. The largest absolute Gasteiger partial charge is 0.206 e. The van der Waals surface area contributed by atoms with Gasteiger partial charge in [0.15, 0.2) is 0 Å². The zero-order valence-electron chi connectivity index (χ0n) is 5.32. The predicted octanol–water partition coefficient (Wildman–Crippen LogP) is 4.06. The Labute approximate surface area is 82.4 Å². The normalized spacial score (nSPS) is 10.6. The van der Waals surface area contributed by atoms with Gasteiger partial charge in [0.2, 0.25) is 0 Å². The molecule has 0 unspecified atom stereocenters. The summed E-state index contributed by atoms with van der Waals surface area (Å²) in [6.45, 7) is 0. The Morgan fingerprint density at radius 1 is 1.36 bits per heavy atom. The number of hydrogen-bond acceptors (Lipinski definition) is 0. The molecule has 0 aromatic heterocycles. The molecule has 0 saturated heterocycles. The first-order valence-electron chi connectivity index (χ1n) is 2.85. The average Bonchev–Trinajstić information content (AvgIpc) is 1.94. The summed E-state index contributed by atoms with van der Waals surface area (Å²) >= 11 is 14.1. The van der Waals surface area contributed by atoms with Crippen molar-refractivity contribution in [3.05, 3.63) is 34.1 Å². The molecule has 0 amide bonds. The van der Waals surface area contributed by atoms with Crippen LogP contribution in [-0.2, 0) is 0 Å². The van der Waals surface area contributed by atoms with Gasteiger partial charge in [-0.25, -0.2) is 4.39 Å². The Hall–Kier alpha value is 0.210. The maximum atomic E-state index is 12.8. The third-order valence-electron chi connectivity index (χ3n) is 1.22. The minimum atomic E-state index is -0.694. The maximum Gasteiger partial charge on any atom is 0.137 e. The summed E-state index contributed by atoms with van der Waals surface area (Å²) in [4.78, 5) is -0.694. The van der Waals surface area contributed by atoms with Crippen LogP contribution in [0.5, 0.6) is 0 Å². The topological polar surface area (TPSA) is 0 Å². The lowest BCUT2D eigenvalue weighted by Crippen LogP contribution is -1.86. The van der Waals surface area contributed by atoms with Crippen LogP contribution in [0.3, 0.4) is 0 Å². The van der Waals surface area contributed by atoms with Gasteiger partial charge in [0.25, 0.3) is 0 Å². The molecule has 0 aliphatic heterocycles. The molecule has 0 spiro atoms. The summed E-state index contributed by atoms with van der Waals surface area (Å²) in [5.41, 5.74) is 0.549. The van der Waals surface area contributed by atoms with Crippen molar-refractivity contribution >= 4 is 39.1 Å². The minimum absolute atomic E-state index is 0.329. The predicted molar refractivity (Wildman–Crippen MR) is 48.5 cm³/mol. The van der Waals surface area contributed by atoms with Crippen LogP contribution in [0.1, 0.15) is 10.4 Å². The van der Waals surface area contributed by atoms with Crippen molar-refractivity contribution in [2.24, 2.45) is 0 Å². The molecule has 4 heteroatoms. The smallest absolute Gasteiger partial charge is 0.137 e. The molecular weight excluding hydrogens is 254 g/mol. The van der Waals surface area contributed by atoms with E-state index < -0.39 is 4.84 Å². The van der Waals surface area contributed by atoms with Gasteiger partial charge in [-0.05, 0) is 22.0 Å². The van der Waals surface area contributed by atoms with E-state index in [9.17, 15) is 4.39 Å². The highest BCUT2D eigenvalue weighted by Crippen LogP contribution is 2.32. The second kappa shape index (κ2) is 3.74. The Morgan fingerprint density at radius 3 is 2.45 bits per heavy atom. The fourth-order valence-corrected chi connectivity index (χ4v) is 1.81. The summed E-state index contributed by atoms with van der Waals surface area (Å²) in [6.07, 6.45) is 0. The fourth-order valence-electron chi connectivity index (χ4n) is 0.689. The van der Waals surface area contributed by atoms with Gasteiger partial charge in [-0.2, -0.15) is 0 Å². The van der Waals surface area contributed by atoms with E-state index in [4.69, 9.17) is 23.2 Å². The lowest BCUT2D eigenvalue weighted by Gasteiger charge is -2.04. The molecule has 1 rings (SSSR count). The first-order valence-corrected chi connectivity index (χ1v) is 4.51. The van der Waals surface area contributed by atoms with Crippen molar-refractivity contribution in [2.45, 2.75) is 4.84 Å². The highest BCUT2D eigenvalue weighted by atomic mass is 79.9.